The lowest BCUT2D eigenvalue weighted by atomic mass is 9.56. The van der Waals surface area contributed by atoms with E-state index in [4.69, 9.17) is 5.11 Å². The van der Waals surface area contributed by atoms with Crippen LogP contribution in [0, 0.1) is 17.8 Å². The van der Waals surface area contributed by atoms with Gasteiger partial charge < -0.3 is 10.2 Å². The van der Waals surface area contributed by atoms with Crippen molar-refractivity contribution in [3.63, 3.8) is 0 Å². The van der Waals surface area contributed by atoms with Gasteiger partial charge in [-0.2, -0.15) is 11.8 Å². The number of hydrogen-bond donors (Lipinski definition) is 2. The van der Waals surface area contributed by atoms with Crippen LogP contribution in [0.2, 0.25) is 0 Å². The monoisotopic (exact) mass is 270 g/mol. The molecule has 0 spiro atoms. The molecule has 102 valence electrons. The molecule has 4 fully saturated rings. The SMILES string of the molecule is CC(O)(CSC12CC3CC(CC(C3)C1)C2)C(=O)O. The summed E-state index contributed by atoms with van der Waals surface area (Å²) in [6, 6.07) is 0. The minimum atomic E-state index is -1.58. The van der Waals surface area contributed by atoms with Crippen molar-refractivity contribution in [1.29, 1.82) is 0 Å². The molecule has 0 aromatic carbocycles. The zero-order valence-corrected chi connectivity index (χ0v) is 11.7. The van der Waals surface area contributed by atoms with Gasteiger partial charge in [0, 0.05) is 10.5 Å². The van der Waals surface area contributed by atoms with Gasteiger partial charge in [-0.05, 0) is 63.2 Å². The lowest BCUT2D eigenvalue weighted by molar-refractivity contribution is -0.154. The van der Waals surface area contributed by atoms with E-state index in [9.17, 15) is 9.90 Å². The summed E-state index contributed by atoms with van der Waals surface area (Å²) >= 11 is 1.74. The van der Waals surface area contributed by atoms with Crippen molar-refractivity contribution in [3.8, 4) is 0 Å². The number of hydrogen-bond acceptors (Lipinski definition) is 3. The molecule has 0 aromatic heterocycles. The maximum Gasteiger partial charge on any atom is 0.336 e. The Morgan fingerprint density at radius 2 is 1.67 bits per heavy atom. The van der Waals surface area contributed by atoms with Gasteiger partial charge in [0.2, 0.25) is 0 Å². The Hall–Kier alpha value is -0.220. The third-order valence-electron chi connectivity index (χ3n) is 5.10. The summed E-state index contributed by atoms with van der Waals surface area (Å²) in [5, 5.41) is 18.9. The normalized spacial score (nSPS) is 44.9. The van der Waals surface area contributed by atoms with Crippen LogP contribution >= 0.6 is 11.8 Å². The van der Waals surface area contributed by atoms with Gasteiger partial charge >= 0.3 is 5.97 Å². The van der Waals surface area contributed by atoms with Crippen molar-refractivity contribution < 1.29 is 15.0 Å². The Bertz CT molecular complexity index is 329. The van der Waals surface area contributed by atoms with Gasteiger partial charge in [-0.15, -0.1) is 0 Å². The number of aliphatic hydroxyl groups is 1. The molecule has 0 radical (unpaired) electrons. The molecule has 4 heteroatoms. The van der Waals surface area contributed by atoms with Crippen molar-refractivity contribution in [2.24, 2.45) is 17.8 Å². The maximum absolute atomic E-state index is 11.0. The summed E-state index contributed by atoms with van der Waals surface area (Å²) in [5.74, 6) is 1.85. The summed E-state index contributed by atoms with van der Waals surface area (Å²) in [6.07, 6.45) is 7.94. The van der Waals surface area contributed by atoms with Crippen LogP contribution in [0.25, 0.3) is 0 Å². The molecule has 1 atom stereocenters. The number of rotatable bonds is 4. The molecule has 4 bridgehead atoms. The van der Waals surface area contributed by atoms with Crippen LogP contribution in [0.4, 0.5) is 0 Å². The number of carboxylic acids is 1. The summed E-state index contributed by atoms with van der Waals surface area (Å²) < 4.78 is 0.286. The van der Waals surface area contributed by atoms with E-state index < -0.39 is 11.6 Å². The predicted octanol–water partition coefficient (Wildman–Crippen LogP) is 2.52. The van der Waals surface area contributed by atoms with Crippen LogP contribution < -0.4 is 0 Å². The third-order valence-corrected chi connectivity index (χ3v) is 6.92. The number of carboxylic acid groups (broad SMARTS) is 1. The summed E-state index contributed by atoms with van der Waals surface area (Å²) in [7, 11) is 0. The van der Waals surface area contributed by atoms with E-state index in [0.717, 1.165) is 17.8 Å². The quantitative estimate of drug-likeness (QED) is 0.824. The molecule has 4 aliphatic rings. The molecule has 4 saturated carbocycles. The third kappa shape index (κ3) is 2.18. The van der Waals surface area contributed by atoms with Crippen molar-refractivity contribution in [2.45, 2.75) is 55.8 Å². The second-order valence-electron chi connectivity index (χ2n) is 6.97. The lowest BCUT2D eigenvalue weighted by Gasteiger charge is -2.56. The highest BCUT2D eigenvalue weighted by atomic mass is 32.2. The van der Waals surface area contributed by atoms with Gasteiger partial charge in [0.05, 0.1) is 0 Å². The largest absolute Gasteiger partial charge is 0.479 e. The van der Waals surface area contributed by atoms with Gasteiger partial charge in [0.15, 0.2) is 5.60 Å². The van der Waals surface area contributed by atoms with Gasteiger partial charge in [-0.25, -0.2) is 4.79 Å². The Morgan fingerprint density at radius 1 is 1.22 bits per heavy atom. The minimum Gasteiger partial charge on any atom is -0.479 e. The average Bonchev–Trinajstić information content (AvgIpc) is 2.24. The molecule has 0 aliphatic heterocycles. The first-order chi connectivity index (χ1) is 8.39. The first kappa shape index (κ1) is 12.8. The first-order valence-corrected chi connectivity index (χ1v) is 7.97. The lowest BCUT2D eigenvalue weighted by Crippen LogP contribution is -2.50. The van der Waals surface area contributed by atoms with E-state index >= 15 is 0 Å². The topological polar surface area (TPSA) is 57.5 Å². The fourth-order valence-electron chi connectivity index (χ4n) is 4.56. The molecule has 0 aromatic rings. The van der Waals surface area contributed by atoms with Crippen LogP contribution in [-0.2, 0) is 4.79 Å². The van der Waals surface area contributed by atoms with Gasteiger partial charge in [0.25, 0.3) is 0 Å². The zero-order chi connectivity index (χ0) is 13.0. The molecule has 3 nitrogen and oxygen atoms in total. The van der Waals surface area contributed by atoms with Crippen LogP contribution in [0.5, 0.6) is 0 Å². The van der Waals surface area contributed by atoms with E-state index in [0.29, 0.717) is 5.75 Å². The maximum atomic E-state index is 11.0. The summed E-state index contributed by atoms with van der Waals surface area (Å²) in [6.45, 7) is 1.42. The van der Waals surface area contributed by atoms with Gasteiger partial charge in [-0.3, -0.25) is 0 Å². The molecule has 1 unspecified atom stereocenters. The van der Waals surface area contributed by atoms with Crippen LogP contribution in [0.3, 0.4) is 0 Å². The van der Waals surface area contributed by atoms with Crippen molar-refractivity contribution in [2.75, 3.05) is 5.75 Å². The average molecular weight is 270 g/mol. The molecule has 0 amide bonds. The van der Waals surface area contributed by atoms with E-state index in [-0.39, 0.29) is 4.75 Å². The number of carbonyl (C=O) groups is 1. The Balaban J connectivity index is 1.67. The highest BCUT2D eigenvalue weighted by molar-refractivity contribution is 8.00. The highest BCUT2D eigenvalue weighted by Gasteiger charge is 2.51. The summed E-state index contributed by atoms with van der Waals surface area (Å²) in [4.78, 5) is 11.0. The van der Waals surface area contributed by atoms with Crippen molar-refractivity contribution >= 4 is 17.7 Å². The predicted molar refractivity (Wildman–Crippen MR) is 71.6 cm³/mol. The van der Waals surface area contributed by atoms with Crippen LogP contribution in [-0.4, -0.2) is 32.3 Å². The number of thioether (sulfide) groups is 1. The smallest absolute Gasteiger partial charge is 0.336 e. The van der Waals surface area contributed by atoms with E-state index in [1.54, 1.807) is 11.8 Å². The second-order valence-corrected chi connectivity index (χ2v) is 8.41. The first-order valence-electron chi connectivity index (χ1n) is 6.98. The van der Waals surface area contributed by atoms with E-state index in [1.165, 1.54) is 45.4 Å². The standard InChI is InChI=1S/C14H22O3S/c1-13(17,12(15)16)8-18-14-5-9-2-10(6-14)4-11(3-9)7-14/h9-11,17H,2-8H2,1H3,(H,15,16). The second kappa shape index (κ2) is 4.14. The molecule has 0 heterocycles. The Kier molecular flexibility index (Phi) is 2.94. The van der Waals surface area contributed by atoms with Gasteiger partial charge in [-0.1, -0.05) is 0 Å². The molecule has 4 aliphatic carbocycles. The number of aliphatic carboxylic acids is 1. The fourth-order valence-corrected chi connectivity index (χ4v) is 6.33. The molecule has 18 heavy (non-hydrogen) atoms. The molecule has 2 N–H and O–H groups in total. The highest BCUT2D eigenvalue weighted by Crippen LogP contribution is 2.60. The van der Waals surface area contributed by atoms with Gasteiger partial charge in [0.1, 0.15) is 0 Å². The van der Waals surface area contributed by atoms with Crippen molar-refractivity contribution in [1.82, 2.24) is 0 Å². The van der Waals surface area contributed by atoms with E-state index in [1.807, 2.05) is 0 Å². The molecular formula is C14H22O3S. The Morgan fingerprint density at radius 3 is 2.06 bits per heavy atom. The molecule has 0 saturated heterocycles. The molecular weight excluding hydrogens is 248 g/mol. The fraction of sp³-hybridized carbons (Fsp3) is 0.929. The van der Waals surface area contributed by atoms with Crippen LogP contribution in [0.15, 0.2) is 0 Å². The minimum absolute atomic E-state index is 0.286. The van der Waals surface area contributed by atoms with Crippen molar-refractivity contribution in [3.05, 3.63) is 0 Å². The van der Waals surface area contributed by atoms with Crippen LogP contribution in [0.1, 0.15) is 45.4 Å². The zero-order valence-electron chi connectivity index (χ0n) is 10.9. The Labute approximate surface area is 112 Å². The molecule has 4 rings (SSSR count). The summed E-state index contributed by atoms with van der Waals surface area (Å²) in [5.41, 5.74) is -1.58. The van der Waals surface area contributed by atoms with E-state index in [2.05, 4.69) is 0 Å².